The molecule has 4 aliphatic rings. The van der Waals surface area contributed by atoms with Gasteiger partial charge >= 0.3 is 0 Å². The highest BCUT2D eigenvalue weighted by Crippen LogP contribution is 2.31. The fourth-order valence-electron chi connectivity index (χ4n) is 4.35. The Labute approximate surface area is 182 Å². The Bertz CT molecular complexity index is 989. The first kappa shape index (κ1) is 19.7. The molecule has 5 rings (SSSR count). The van der Waals surface area contributed by atoms with E-state index in [4.69, 9.17) is 9.47 Å². The van der Waals surface area contributed by atoms with Crippen molar-refractivity contribution in [3.05, 3.63) is 59.5 Å². The number of nitrogens with one attached hydrogen (secondary N) is 1. The van der Waals surface area contributed by atoms with Gasteiger partial charge in [0.15, 0.2) is 11.6 Å². The number of ketones is 1. The predicted octanol–water partition coefficient (Wildman–Crippen LogP) is 1.69. The van der Waals surface area contributed by atoms with E-state index in [0.717, 1.165) is 55.6 Å². The van der Waals surface area contributed by atoms with Crippen molar-refractivity contribution in [2.45, 2.75) is 6.42 Å². The van der Waals surface area contributed by atoms with E-state index >= 15 is 0 Å². The van der Waals surface area contributed by atoms with Crippen molar-refractivity contribution in [1.82, 2.24) is 15.1 Å². The molecule has 8 nitrogen and oxygen atoms in total. The fourth-order valence-corrected chi connectivity index (χ4v) is 4.35. The summed E-state index contributed by atoms with van der Waals surface area (Å²) < 4.78 is 11.6. The molecule has 8 heteroatoms. The fraction of sp³-hybridized carbons (Fsp3) is 0.391. The third-order valence-corrected chi connectivity index (χ3v) is 6.04. The number of aliphatic imine (C=N–C) groups is 1. The lowest BCUT2D eigenvalue weighted by Crippen LogP contribution is -2.47. The third kappa shape index (κ3) is 3.90. The number of fused-ring (bicyclic) bond motifs is 2. The second-order valence-electron chi connectivity index (χ2n) is 7.90. The lowest BCUT2D eigenvalue weighted by Gasteiger charge is -2.36. The Balaban J connectivity index is 1.10. The summed E-state index contributed by atoms with van der Waals surface area (Å²) in [6, 6.07) is 8.19. The summed E-state index contributed by atoms with van der Waals surface area (Å²) in [6.07, 6.45) is 5.90. The van der Waals surface area contributed by atoms with Gasteiger partial charge in [-0.3, -0.25) is 9.69 Å². The number of hydrogen-bond donors (Lipinski definition) is 1. The summed E-state index contributed by atoms with van der Waals surface area (Å²) >= 11 is 0. The van der Waals surface area contributed by atoms with Crippen molar-refractivity contribution >= 4 is 17.7 Å². The maximum atomic E-state index is 12.1. The van der Waals surface area contributed by atoms with Crippen LogP contribution in [-0.4, -0.2) is 74.8 Å². The van der Waals surface area contributed by atoms with Crippen molar-refractivity contribution in [3.63, 3.8) is 0 Å². The van der Waals surface area contributed by atoms with E-state index in [9.17, 15) is 4.79 Å². The van der Waals surface area contributed by atoms with Gasteiger partial charge < -0.3 is 24.6 Å². The van der Waals surface area contributed by atoms with Crippen LogP contribution >= 0.6 is 0 Å². The number of benzene rings is 1. The molecule has 0 radical (unpaired) electrons. The van der Waals surface area contributed by atoms with E-state index in [0.29, 0.717) is 31.1 Å². The SMILES string of the molecule is COc1ccccc1N1CCN(CCOC2=CC3=CNC4=C(N=CCC4=O)N3C2)CC1. The molecule has 1 aromatic carbocycles. The Kier molecular flexibility index (Phi) is 5.38. The summed E-state index contributed by atoms with van der Waals surface area (Å²) in [5.74, 6) is 2.59. The van der Waals surface area contributed by atoms with Crippen LogP contribution in [-0.2, 0) is 9.53 Å². The minimum absolute atomic E-state index is 0.0712. The van der Waals surface area contributed by atoms with Crippen molar-refractivity contribution in [2.24, 2.45) is 4.99 Å². The first-order valence-corrected chi connectivity index (χ1v) is 10.7. The number of Topliss-reactive ketones (excluding diaryl/α,β-unsaturated/α-hetero) is 1. The number of methoxy groups -OCH3 is 1. The second-order valence-corrected chi connectivity index (χ2v) is 7.90. The van der Waals surface area contributed by atoms with E-state index in [-0.39, 0.29) is 5.78 Å². The summed E-state index contributed by atoms with van der Waals surface area (Å²) in [6.45, 7) is 6.07. The zero-order valence-electron chi connectivity index (χ0n) is 17.7. The van der Waals surface area contributed by atoms with Gasteiger partial charge in [-0.2, -0.15) is 0 Å². The zero-order chi connectivity index (χ0) is 21.2. The van der Waals surface area contributed by atoms with Gasteiger partial charge in [0.1, 0.15) is 23.8 Å². The molecular weight excluding hydrogens is 394 g/mol. The number of hydrogen-bond acceptors (Lipinski definition) is 8. The topological polar surface area (TPSA) is 69.6 Å². The Morgan fingerprint density at radius 2 is 2.00 bits per heavy atom. The second kappa shape index (κ2) is 8.47. The molecule has 0 unspecified atom stereocenters. The minimum atomic E-state index is 0.0712. The number of allylic oxidation sites excluding steroid dienone is 2. The highest BCUT2D eigenvalue weighted by Gasteiger charge is 2.31. The lowest BCUT2D eigenvalue weighted by molar-refractivity contribution is -0.115. The quantitative estimate of drug-likeness (QED) is 0.750. The van der Waals surface area contributed by atoms with E-state index in [2.05, 4.69) is 32.2 Å². The molecule has 0 bridgehead atoms. The number of ether oxygens (including phenoxy) is 2. The molecule has 1 N–H and O–H groups in total. The number of piperazine rings is 1. The number of anilines is 1. The molecule has 0 spiro atoms. The van der Waals surface area contributed by atoms with Gasteiger partial charge in [-0.05, 0) is 12.1 Å². The Hall–Kier alpha value is -3.26. The van der Waals surface area contributed by atoms with Crippen LogP contribution in [0.1, 0.15) is 6.42 Å². The summed E-state index contributed by atoms with van der Waals surface area (Å²) in [5, 5.41) is 3.09. The van der Waals surface area contributed by atoms with Crippen LogP contribution in [0.3, 0.4) is 0 Å². The largest absolute Gasteiger partial charge is 0.495 e. The van der Waals surface area contributed by atoms with E-state index < -0.39 is 0 Å². The van der Waals surface area contributed by atoms with Crippen molar-refractivity contribution < 1.29 is 14.3 Å². The average Bonchev–Trinajstić information content (AvgIpc) is 3.23. The molecular formula is C23H27N5O3. The molecule has 1 saturated heterocycles. The summed E-state index contributed by atoms with van der Waals surface area (Å²) in [5.41, 5.74) is 2.72. The first-order valence-electron chi connectivity index (χ1n) is 10.7. The summed E-state index contributed by atoms with van der Waals surface area (Å²) in [7, 11) is 1.72. The predicted molar refractivity (Wildman–Crippen MR) is 119 cm³/mol. The molecule has 0 atom stereocenters. The van der Waals surface area contributed by atoms with Crippen LogP contribution in [0.5, 0.6) is 5.75 Å². The molecule has 0 amide bonds. The molecule has 4 heterocycles. The van der Waals surface area contributed by atoms with E-state index in [1.807, 2.05) is 29.3 Å². The number of carbonyl (C=O) groups is 1. The summed E-state index contributed by atoms with van der Waals surface area (Å²) in [4.78, 5) is 23.3. The van der Waals surface area contributed by atoms with E-state index in [1.54, 1.807) is 13.3 Å². The van der Waals surface area contributed by atoms with Crippen molar-refractivity contribution in [1.29, 1.82) is 0 Å². The highest BCUT2D eigenvalue weighted by molar-refractivity contribution is 6.05. The maximum absolute atomic E-state index is 12.1. The highest BCUT2D eigenvalue weighted by atomic mass is 16.5. The van der Waals surface area contributed by atoms with Crippen molar-refractivity contribution in [3.8, 4) is 5.75 Å². The molecule has 0 aliphatic carbocycles. The zero-order valence-corrected chi connectivity index (χ0v) is 17.7. The molecule has 4 aliphatic heterocycles. The minimum Gasteiger partial charge on any atom is -0.495 e. The first-order chi connectivity index (χ1) is 15.2. The van der Waals surface area contributed by atoms with Gasteiger partial charge in [0.05, 0.1) is 25.0 Å². The molecule has 162 valence electrons. The van der Waals surface area contributed by atoms with Gasteiger partial charge in [-0.15, -0.1) is 0 Å². The smallest absolute Gasteiger partial charge is 0.188 e. The molecule has 31 heavy (non-hydrogen) atoms. The number of carbonyl (C=O) groups excluding carboxylic acids is 1. The van der Waals surface area contributed by atoms with Crippen LogP contribution in [0.15, 0.2) is 64.5 Å². The van der Waals surface area contributed by atoms with Crippen LogP contribution in [0.4, 0.5) is 5.69 Å². The average molecular weight is 422 g/mol. The van der Waals surface area contributed by atoms with E-state index in [1.165, 1.54) is 0 Å². The van der Waals surface area contributed by atoms with Crippen molar-refractivity contribution in [2.75, 3.05) is 57.9 Å². The van der Waals surface area contributed by atoms with Gasteiger partial charge in [0.25, 0.3) is 0 Å². The lowest BCUT2D eigenvalue weighted by atomic mass is 10.1. The Morgan fingerprint density at radius 1 is 1.16 bits per heavy atom. The van der Waals surface area contributed by atoms with Crippen LogP contribution in [0.25, 0.3) is 0 Å². The van der Waals surface area contributed by atoms with Gasteiger partial charge in [-0.1, -0.05) is 12.1 Å². The number of nitrogens with zero attached hydrogens (tertiary/aromatic N) is 4. The number of para-hydroxylation sites is 2. The molecule has 0 aromatic heterocycles. The molecule has 1 fully saturated rings. The molecule has 0 saturated carbocycles. The molecule has 1 aromatic rings. The van der Waals surface area contributed by atoms with Crippen LogP contribution in [0, 0.1) is 0 Å². The normalized spacial score (nSPS) is 20.7. The van der Waals surface area contributed by atoms with Gasteiger partial charge in [0, 0.05) is 57.6 Å². The van der Waals surface area contributed by atoms with Crippen LogP contribution < -0.4 is 15.0 Å². The maximum Gasteiger partial charge on any atom is 0.188 e. The van der Waals surface area contributed by atoms with Gasteiger partial charge in [0.2, 0.25) is 0 Å². The van der Waals surface area contributed by atoms with Gasteiger partial charge in [-0.25, -0.2) is 4.99 Å². The monoisotopic (exact) mass is 421 g/mol. The third-order valence-electron chi connectivity index (χ3n) is 6.04. The Morgan fingerprint density at radius 3 is 2.84 bits per heavy atom. The standard InChI is InChI=1S/C23H27N5O3/c1-30-21-5-3-2-4-19(21)27-10-8-26(9-11-27)12-13-31-18-14-17-15-25-22-20(29)6-7-24-23(22)28(17)16-18/h2-5,7,14-15,25H,6,8-13,16H2,1H3. The van der Waals surface area contributed by atoms with Crippen LogP contribution in [0.2, 0.25) is 0 Å². The number of rotatable bonds is 6.